The highest BCUT2D eigenvalue weighted by Crippen LogP contribution is 2.12. The summed E-state index contributed by atoms with van der Waals surface area (Å²) in [6, 6.07) is 7.15. The minimum absolute atomic E-state index is 0.0348. The number of nitrogens with one attached hydrogen (secondary N) is 1. The molecule has 0 spiro atoms. The van der Waals surface area contributed by atoms with Gasteiger partial charge in [-0.05, 0) is 31.0 Å². The van der Waals surface area contributed by atoms with Gasteiger partial charge < -0.3 is 16.8 Å². The number of aliphatic imine (C=N–C) groups is 1. The Bertz CT molecular complexity index is 425. The van der Waals surface area contributed by atoms with E-state index in [9.17, 15) is 4.79 Å². The van der Waals surface area contributed by atoms with Gasteiger partial charge in [0.25, 0.3) is 0 Å². The van der Waals surface area contributed by atoms with Gasteiger partial charge >= 0.3 is 0 Å². The highest BCUT2D eigenvalue weighted by molar-refractivity contribution is 5.92. The first-order valence-corrected chi connectivity index (χ1v) is 6.00. The number of rotatable bonds is 5. The lowest BCUT2D eigenvalue weighted by molar-refractivity contribution is 0.100. The van der Waals surface area contributed by atoms with E-state index in [4.69, 9.17) is 11.5 Å². The molecule has 1 atom stereocenters. The molecule has 1 aromatic carbocycles. The second-order valence-electron chi connectivity index (χ2n) is 4.12. The van der Waals surface area contributed by atoms with Crippen molar-refractivity contribution in [1.29, 1.82) is 0 Å². The Labute approximate surface area is 107 Å². The van der Waals surface area contributed by atoms with Gasteiger partial charge in [-0.2, -0.15) is 0 Å². The molecule has 1 rings (SSSR count). The van der Waals surface area contributed by atoms with E-state index < -0.39 is 5.91 Å². The number of carbonyl (C=O) groups is 1. The molecule has 0 radical (unpaired) electrons. The average Bonchev–Trinajstić information content (AvgIpc) is 2.36. The monoisotopic (exact) mass is 248 g/mol. The van der Waals surface area contributed by atoms with E-state index in [-0.39, 0.29) is 6.04 Å². The molecule has 0 heterocycles. The largest absolute Gasteiger partial charge is 0.370 e. The zero-order valence-corrected chi connectivity index (χ0v) is 10.8. The van der Waals surface area contributed by atoms with E-state index in [2.05, 4.69) is 10.3 Å². The Morgan fingerprint density at radius 2 is 1.94 bits per heavy atom. The Morgan fingerprint density at radius 1 is 1.33 bits per heavy atom. The summed E-state index contributed by atoms with van der Waals surface area (Å²) in [4.78, 5) is 15.1. The highest BCUT2D eigenvalue weighted by Gasteiger charge is 2.07. The molecule has 0 aliphatic carbocycles. The molecule has 0 fully saturated rings. The van der Waals surface area contributed by atoms with Crippen LogP contribution in [0.5, 0.6) is 0 Å². The molecular weight excluding hydrogens is 228 g/mol. The maximum absolute atomic E-state index is 10.9. The van der Waals surface area contributed by atoms with Gasteiger partial charge in [0.15, 0.2) is 5.96 Å². The Kier molecular flexibility index (Phi) is 5.17. The fourth-order valence-corrected chi connectivity index (χ4v) is 1.52. The molecule has 0 bridgehead atoms. The molecule has 1 amide bonds. The third-order valence-electron chi connectivity index (χ3n) is 2.57. The van der Waals surface area contributed by atoms with E-state index in [1.165, 1.54) is 0 Å². The Balaban J connectivity index is 2.66. The summed E-state index contributed by atoms with van der Waals surface area (Å²) < 4.78 is 0. The van der Waals surface area contributed by atoms with Gasteiger partial charge in [0.2, 0.25) is 5.91 Å². The first-order valence-electron chi connectivity index (χ1n) is 6.00. The average molecular weight is 248 g/mol. The summed E-state index contributed by atoms with van der Waals surface area (Å²) in [5.41, 5.74) is 12.4. The summed E-state index contributed by atoms with van der Waals surface area (Å²) >= 11 is 0. The number of hydrogen-bond acceptors (Lipinski definition) is 2. The smallest absolute Gasteiger partial charge is 0.248 e. The van der Waals surface area contributed by atoms with Gasteiger partial charge in [-0.3, -0.25) is 9.79 Å². The van der Waals surface area contributed by atoms with Crippen LogP contribution < -0.4 is 16.8 Å². The highest BCUT2D eigenvalue weighted by atomic mass is 16.1. The number of nitrogens with zero attached hydrogens (tertiary/aromatic N) is 1. The van der Waals surface area contributed by atoms with Gasteiger partial charge in [0.05, 0.1) is 6.04 Å². The van der Waals surface area contributed by atoms with Crippen LogP contribution in [-0.2, 0) is 0 Å². The minimum atomic E-state index is -0.425. The standard InChI is InChI=1S/C13H20N4O/c1-3-8-16-13(15)17-9(2)10-4-6-11(7-5-10)12(14)18/h4-7,9H,3,8H2,1-2H3,(H2,14,18)(H3,15,16,17). The van der Waals surface area contributed by atoms with Crippen molar-refractivity contribution in [1.82, 2.24) is 5.32 Å². The van der Waals surface area contributed by atoms with Gasteiger partial charge in [0, 0.05) is 12.1 Å². The molecule has 5 nitrogen and oxygen atoms in total. The predicted octanol–water partition coefficient (Wildman–Crippen LogP) is 1.16. The molecule has 1 aromatic rings. The van der Waals surface area contributed by atoms with Crippen LogP contribution in [0.3, 0.4) is 0 Å². The van der Waals surface area contributed by atoms with Crippen LogP contribution in [0.1, 0.15) is 42.2 Å². The zero-order valence-electron chi connectivity index (χ0n) is 10.8. The van der Waals surface area contributed by atoms with Gasteiger partial charge in [-0.15, -0.1) is 0 Å². The van der Waals surface area contributed by atoms with Crippen molar-refractivity contribution in [2.45, 2.75) is 26.3 Å². The van der Waals surface area contributed by atoms with Crippen LogP contribution in [0.2, 0.25) is 0 Å². The van der Waals surface area contributed by atoms with E-state index in [1.54, 1.807) is 12.1 Å². The number of carbonyl (C=O) groups excluding carboxylic acids is 1. The number of nitrogens with two attached hydrogens (primary N) is 2. The quantitative estimate of drug-likeness (QED) is 0.539. The summed E-state index contributed by atoms with van der Waals surface area (Å²) in [5, 5.41) is 3.09. The normalized spacial score (nSPS) is 13.1. The summed E-state index contributed by atoms with van der Waals surface area (Å²) in [6.45, 7) is 4.74. The third kappa shape index (κ3) is 4.08. The lowest BCUT2D eigenvalue weighted by atomic mass is 10.1. The molecule has 0 aliphatic heterocycles. The molecule has 5 heteroatoms. The number of benzene rings is 1. The topological polar surface area (TPSA) is 93.5 Å². The zero-order chi connectivity index (χ0) is 13.5. The molecular formula is C13H20N4O. The molecule has 0 aliphatic rings. The van der Waals surface area contributed by atoms with Crippen molar-refractivity contribution in [3.05, 3.63) is 35.4 Å². The third-order valence-corrected chi connectivity index (χ3v) is 2.57. The lowest BCUT2D eigenvalue weighted by Crippen LogP contribution is -2.34. The molecule has 0 aromatic heterocycles. The van der Waals surface area contributed by atoms with Crippen molar-refractivity contribution in [2.75, 3.05) is 6.54 Å². The fourth-order valence-electron chi connectivity index (χ4n) is 1.52. The van der Waals surface area contributed by atoms with E-state index in [0.717, 1.165) is 12.0 Å². The van der Waals surface area contributed by atoms with Crippen molar-refractivity contribution >= 4 is 11.9 Å². The number of primary amides is 1. The van der Waals surface area contributed by atoms with Crippen molar-refractivity contribution in [3.63, 3.8) is 0 Å². The van der Waals surface area contributed by atoms with Crippen molar-refractivity contribution < 1.29 is 4.79 Å². The van der Waals surface area contributed by atoms with Gasteiger partial charge in [0.1, 0.15) is 0 Å². The molecule has 0 saturated carbocycles. The van der Waals surface area contributed by atoms with Gasteiger partial charge in [-0.1, -0.05) is 19.1 Å². The molecule has 98 valence electrons. The molecule has 0 saturated heterocycles. The van der Waals surface area contributed by atoms with Crippen LogP contribution in [-0.4, -0.2) is 18.4 Å². The molecule has 5 N–H and O–H groups in total. The Hall–Kier alpha value is -2.04. The lowest BCUT2D eigenvalue weighted by Gasteiger charge is -2.15. The second kappa shape index (κ2) is 6.64. The van der Waals surface area contributed by atoms with E-state index >= 15 is 0 Å². The number of guanidine groups is 1. The fraction of sp³-hybridized carbons (Fsp3) is 0.385. The first-order chi connectivity index (χ1) is 8.54. The van der Waals surface area contributed by atoms with E-state index in [1.807, 2.05) is 26.0 Å². The maximum Gasteiger partial charge on any atom is 0.248 e. The first kappa shape index (κ1) is 14.0. The van der Waals surface area contributed by atoms with Crippen LogP contribution in [0.15, 0.2) is 29.3 Å². The maximum atomic E-state index is 10.9. The predicted molar refractivity (Wildman–Crippen MR) is 73.3 cm³/mol. The van der Waals surface area contributed by atoms with Crippen molar-refractivity contribution in [3.8, 4) is 0 Å². The minimum Gasteiger partial charge on any atom is -0.370 e. The van der Waals surface area contributed by atoms with Crippen LogP contribution in [0, 0.1) is 0 Å². The Morgan fingerprint density at radius 3 is 2.44 bits per heavy atom. The van der Waals surface area contributed by atoms with Crippen LogP contribution in [0.25, 0.3) is 0 Å². The summed E-state index contributed by atoms with van der Waals surface area (Å²) in [5.74, 6) is 0.00881. The van der Waals surface area contributed by atoms with Crippen molar-refractivity contribution in [2.24, 2.45) is 16.5 Å². The van der Waals surface area contributed by atoms with Crippen LogP contribution >= 0.6 is 0 Å². The summed E-state index contributed by atoms with van der Waals surface area (Å²) in [7, 11) is 0. The van der Waals surface area contributed by atoms with E-state index in [0.29, 0.717) is 18.1 Å². The number of hydrogen-bond donors (Lipinski definition) is 3. The number of amides is 1. The molecule has 1 unspecified atom stereocenters. The molecule has 18 heavy (non-hydrogen) atoms. The van der Waals surface area contributed by atoms with Crippen LogP contribution in [0.4, 0.5) is 0 Å². The SMILES string of the molecule is CCCN=C(N)NC(C)c1ccc(C(N)=O)cc1. The van der Waals surface area contributed by atoms with Gasteiger partial charge in [-0.25, -0.2) is 0 Å². The second-order valence-corrected chi connectivity index (χ2v) is 4.12. The summed E-state index contributed by atoms with van der Waals surface area (Å²) in [6.07, 6.45) is 0.962.